The largest absolute Gasteiger partial charge is 0.266 e. The van der Waals surface area contributed by atoms with Crippen molar-refractivity contribution in [1.29, 1.82) is 0 Å². The zero-order valence-electron chi connectivity index (χ0n) is 10.8. The van der Waals surface area contributed by atoms with E-state index < -0.39 is 10.0 Å². The van der Waals surface area contributed by atoms with Gasteiger partial charge in [0.15, 0.2) is 0 Å². The molecule has 2 aromatic rings. The van der Waals surface area contributed by atoms with Crippen LogP contribution in [0.4, 0.5) is 5.69 Å². The molecule has 2 heterocycles. The summed E-state index contributed by atoms with van der Waals surface area (Å²) < 4.78 is 27.0. The number of para-hydroxylation sites is 1. The second-order valence-electron chi connectivity index (χ2n) is 4.82. The Morgan fingerprint density at radius 1 is 1.30 bits per heavy atom. The SMILES string of the molecule is CC1Cc2ccccc2N1S(=O)(=O)c1cncc(Cl)c1. The second kappa shape index (κ2) is 4.75. The van der Waals surface area contributed by atoms with Crippen LogP contribution in [0, 0.1) is 0 Å². The average Bonchev–Trinajstić information content (AvgIpc) is 2.75. The number of aromatic nitrogens is 1. The standard InChI is InChI=1S/C14H13ClN2O2S/c1-10-6-11-4-2-3-5-14(11)17(10)20(18,19)13-7-12(15)8-16-9-13/h2-5,7-10H,6H2,1H3. The van der Waals surface area contributed by atoms with Crippen LogP contribution in [0.25, 0.3) is 0 Å². The van der Waals surface area contributed by atoms with Gasteiger partial charge in [-0.1, -0.05) is 29.8 Å². The molecule has 1 aromatic heterocycles. The molecular weight excluding hydrogens is 296 g/mol. The van der Waals surface area contributed by atoms with Crippen LogP contribution in [0.1, 0.15) is 12.5 Å². The summed E-state index contributed by atoms with van der Waals surface area (Å²) in [4.78, 5) is 3.98. The highest BCUT2D eigenvalue weighted by molar-refractivity contribution is 7.92. The van der Waals surface area contributed by atoms with Gasteiger partial charge < -0.3 is 0 Å². The molecule has 0 spiro atoms. The van der Waals surface area contributed by atoms with Crippen LogP contribution >= 0.6 is 11.6 Å². The van der Waals surface area contributed by atoms with Crippen molar-refractivity contribution in [3.05, 3.63) is 53.3 Å². The molecular formula is C14H13ClN2O2S. The Bertz CT molecular complexity index is 761. The number of pyridine rings is 1. The third-order valence-electron chi connectivity index (χ3n) is 3.38. The van der Waals surface area contributed by atoms with Crippen LogP contribution in [-0.2, 0) is 16.4 Å². The molecule has 0 amide bonds. The molecule has 1 aliphatic rings. The Balaban J connectivity index is 2.13. The molecule has 4 nitrogen and oxygen atoms in total. The number of sulfonamides is 1. The van der Waals surface area contributed by atoms with Crippen molar-refractivity contribution in [3.8, 4) is 0 Å². The van der Waals surface area contributed by atoms with Gasteiger partial charge in [-0.2, -0.15) is 0 Å². The zero-order chi connectivity index (χ0) is 14.3. The van der Waals surface area contributed by atoms with Gasteiger partial charge in [0.25, 0.3) is 10.0 Å². The summed E-state index contributed by atoms with van der Waals surface area (Å²) in [6.45, 7) is 1.90. The van der Waals surface area contributed by atoms with E-state index in [9.17, 15) is 8.42 Å². The molecule has 20 heavy (non-hydrogen) atoms. The molecule has 0 saturated heterocycles. The van der Waals surface area contributed by atoms with Gasteiger partial charge in [0.05, 0.1) is 10.7 Å². The van der Waals surface area contributed by atoms with Gasteiger partial charge in [0.2, 0.25) is 0 Å². The number of anilines is 1. The maximum Gasteiger partial charge on any atom is 0.266 e. The Morgan fingerprint density at radius 2 is 2.05 bits per heavy atom. The molecule has 1 atom stereocenters. The lowest BCUT2D eigenvalue weighted by Crippen LogP contribution is -2.35. The molecule has 3 rings (SSSR count). The molecule has 0 bridgehead atoms. The predicted octanol–water partition coefficient (Wildman–Crippen LogP) is 2.87. The van der Waals surface area contributed by atoms with E-state index >= 15 is 0 Å². The Morgan fingerprint density at radius 3 is 2.80 bits per heavy atom. The fourth-order valence-corrected chi connectivity index (χ4v) is 4.47. The maximum atomic E-state index is 12.8. The van der Waals surface area contributed by atoms with Gasteiger partial charge >= 0.3 is 0 Å². The highest BCUT2D eigenvalue weighted by Crippen LogP contribution is 2.36. The van der Waals surface area contributed by atoms with E-state index in [1.54, 1.807) is 0 Å². The lowest BCUT2D eigenvalue weighted by Gasteiger charge is -2.24. The topological polar surface area (TPSA) is 50.3 Å². The Kier molecular flexibility index (Phi) is 3.18. The third-order valence-corrected chi connectivity index (χ3v) is 5.48. The number of fused-ring (bicyclic) bond motifs is 1. The van der Waals surface area contributed by atoms with E-state index in [1.807, 2.05) is 31.2 Å². The van der Waals surface area contributed by atoms with Gasteiger partial charge in [0.1, 0.15) is 4.90 Å². The van der Waals surface area contributed by atoms with Gasteiger partial charge in [-0.25, -0.2) is 8.42 Å². The molecule has 0 radical (unpaired) electrons. The maximum absolute atomic E-state index is 12.8. The number of benzene rings is 1. The van der Waals surface area contributed by atoms with Crippen molar-refractivity contribution in [2.45, 2.75) is 24.3 Å². The first-order valence-electron chi connectivity index (χ1n) is 6.23. The molecule has 0 N–H and O–H groups in total. The van der Waals surface area contributed by atoms with Crippen LogP contribution in [0.2, 0.25) is 5.02 Å². The van der Waals surface area contributed by atoms with E-state index in [0.717, 1.165) is 11.3 Å². The third kappa shape index (κ3) is 2.07. The summed E-state index contributed by atoms with van der Waals surface area (Å²) in [7, 11) is -3.64. The summed E-state index contributed by atoms with van der Waals surface area (Å²) in [6.07, 6.45) is 3.46. The lowest BCUT2D eigenvalue weighted by molar-refractivity contribution is 0.584. The van der Waals surface area contributed by atoms with Gasteiger partial charge in [-0.05, 0) is 31.0 Å². The van der Waals surface area contributed by atoms with Gasteiger partial charge in [-0.15, -0.1) is 0 Å². The van der Waals surface area contributed by atoms with E-state index in [0.29, 0.717) is 11.4 Å². The van der Waals surface area contributed by atoms with E-state index in [4.69, 9.17) is 11.6 Å². The molecule has 0 aliphatic carbocycles. The molecule has 104 valence electrons. The molecule has 1 unspecified atom stereocenters. The minimum absolute atomic E-state index is 0.114. The summed E-state index contributed by atoms with van der Waals surface area (Å²) in [6, 6.07) is 8.86. The summed E-state index contributed by atoms with van der Waals surface area (Å²) >= 11 is 5.85. The molecule has 0 fully saturated rings. The number of halogens is 1. The Labute approximate surface area is 123 Å². The summed E-state index contributed by atoms with van der Waals surface area (Å²) in [5.41, 5.74) is 1.78. The molecule has 6 heteroatoms. The smallest absolute Gasteiger partial charge is 0.263 e. The minimum atomic E-state index is -3.64. The van der Waals surface area contributed by atoms with Crippen LogP contribution in [-0.4, -0.2) is 19.4 Å². The van der Waals surface area contributed by atoms with Gasteiger partial charge in [0, 0.05) is 18.4 Å². The van der Waals surface area contributed by atoms with Crippen molar-refractivity contribution in [3.63, 3.8) is 0 Å². The molecule has 1 aliphatic heterocycles. The van der Waals surface area contributed by atoms with Crippen LogP contribution in [0.5, 0.6) is 0 Å². The minimum Gasteiger partial charge on any atom is -0.263 e. The molecule has 0 saturated carbocycles. The van der Waals surface area contributed by atoms with Crippen molar-refractivity contribution in [2.75, 3.05) is 4.31 Å². The van der Waals surface area contributed by atoms with Crippen LogP contribution in [0.15, 0.2) is 47.6 Å². The fraction of sp³-hybridized carbons (Fsp3) is 0.214. The quantitative estimate of drug-likeness (QED) is 0.857. The highest BCUT2D eigenvalue weighted by Gasteiger charge is 2.35. The number of hydrogen-bond acceptors (Lipinski definition) is 3. The average molecular weight is 309 g/mol. The van der Waals surface area contributed by atoms with Gasteiger partial charge in [-0.3, -0.25) is 9.29 Å². The zero-order valence-corrected chi connectivity index (χ0v) is 12.4. The first kappa shape index (κ1) is 13.4. The number of nitrogens with zero attached hydrogens (tertiary/aromatic N) is 2. The van der Waals surface area contributed by atoms with Crippen molar-refractivity contribution in [1.82, 2.24) is 4.98 Å². The first-order valence-corrected chi connectivity index (χ1v) is 8.05. The van der Waals surface area contributed by atoms with Crippen LogP contribution < -0.4 is 4.31 Å². The number of rotatable bonds is 2. The summed E-state index contributed by atoms with van der Waals surface area (Å²) in [5.74, 6) is 0. The molecule has 1 aromatic carbocycles. The highest BCUT2D eigenvalue weighted by atomic mass is 35.5. The lowest BCUT2D eigenvalue weighted by atomic mass is 10.1. The monoisotopic (exact) mass is 308 g/mol. The summed E-state index contributed by atoms with van der Waals surface area (Å²) in [5, 5.41) is 0.311. The predicted molar refractivity (Wildman–Crippen MR) is 78.5 cm³/mol. The Hall–Kier alpha value is -1.59. The first-order chi connectivity index (χ1) is 9.50. The fourth-order valence-electron chi connectivity index (χ4n) is 2.55. The number of hydrogen-bond donors (Lipinski definition) is 0. The van der Waals surface area contributed by atoms with Crippen LogP contribution in [0.3, 0.4) is 0 Å². The van der Waals surface area contributed by atoms with Crippen molar-refractivity contribution in [2.24, 2.45) is 0 Å². The van der Waals surface area contributed by atoms with E-state index in [-0.39, 0.29) is 10.9 Å². The second-order valence-corrected chi connectivity index (χ2v) is 7.07. The van der Waals surface area contributed by atoms with Crippen molar-refractivity contribution >= 4 is 27.3 Å². The normalized spacial score (nSPS) is 18.1. The van der Waals surface area contributed by atoms with E-state index in [2.05, 4.69) is 4.98 Å². The van der Waals surface area contributed by atoms with E-state index in [1.165, 1.54) is 22.8 Å². The van der Waals surface area contributed by atoms with Crippen molar-refractivity contribution < 1.29 is 8.42 Å².